The van der Waals surface area contributed by atoms with Crippen molar-refractivity contribution in [3.05, 3.63) is 24.3 Å². The van der Waals surface area contributed by atoms with E-state index in [1.807, 2.05) is 0 Å². The molecule has 0 fully saturated rings. The molecule has 0 saturated heterocycles. The summed E-state index contributed by atoms with van der Waals surface area (Å²) >= 11 is 4.38. The van der Waals surface area contributed by atoms with Gasteiger partial charge in [-0.3, -0.25) is 0 Å². The van der Waals surface area contributed by atoms with Gasteiger partial charge in [0.05, 0.1) is 0 Å². The standard InChI is InChI=1S/C5H4Ge2/c6-5(7)3-1-2-4-5/h1-4H. The normalized spacial score (nSPS) is 23.7. The van der Waals surface area contributed by atoms with Crippen molar-refractivity contribution in [1.29, 1.82) is 0 Å². The molecule has 1 aliphatic carbocycles. The van der Waals surface area contributed by atoms with Crippen molar-refractivity contribution in [3.63, 3.8) is 0 Å². The van der Waals surface area contributed by atoms with Crippen molar-refractivity contribution in [2.75, 3.05) is 0 Å². The van der Waals surface area contributed by atoms with Crippen LogP contribution in [0.3, 0.4) is 0 Å². The van der Waals surface area contributed by atoms with E-state index in [0.717, 1.165) is 0 Å². The van der Waals surface area contributed by atoms with Gasteiger partial charge in [-0.05, 0) is 0 Å². The third-order valence-electron chi connectivity index (χ3n) is 0.829. The van der Waals surface area contributed by atoms with Crippen molar-refractivity contribution >= 4 is 33.0 Å². The van der Waals surface area contributed by atoms with Crippen molar-refractivity contribution in [2.45, 2.75) is 3.08 Å². The summed E-state index contributed by atoms with van der Waals surface area (Å²) in [5, 5.41) is 0. The van der Waals surface area contributed by atoms with Crippen LogP contribution >= 0.6 is 0 Å². The molecule has 0 atom stereocenters. The minimum absolute atomic E-state index is 0.333. The van der Waals surface area contributed by atoms with Gasteiger partial charge in [0.25, 0.3) is 0 Å². The average Bonchev–Trinajstić information content (AvgIpc) is 1.84. The molecule has 0 N–H and O–H groups in total. The molecule has 6 radical (unpaired) electrons. The van der Waals surface area contributed by atoms with Gasteiger partial charge in [-0.1, -0.05) is 0 Å². The second kappa shape index (κ2) is 1.82. The maximum atomic E-state index is 2.19. The molecule has 0 spiro atoms. The van der Waals surface area contributed by atoms with Crippen LogP contribution in [0.1, 0.15) is 0 Å². The van der Waals surface area contributed by atoms with Crippen molar-refractivity contribution < 1.29 is 0 Å². The Bertz CT molecular complexity index is 108. The Balaban J connectivity index is 2.77. The van der Waals surface area contributed by atoms with Gasteiger partial charge in [0.1, 0.15) is 0 Å². The summed E-state index contributed by atoms with van der Waals surface area (Å²) in [5.41, 5.74) is 0. The van der Waals surface area contributed by atoms with Crippen LogP contribution in [0.15, 0.2) is 24.3 Å². The number of allylic oxidation sites excluding steroid dienone is 4. The van der Waals surface area contributed by atoms with Crippen molar-refractivity contribution in [2.24, 2.45) is 0 Å². The second-order valence-electron chi connectivity index (χ2n) is 1.59. The first kappa shape index (κ1) is 5.70. The molecule has 32 valence electrons. The van der Waals surface area contributed by atoms with Crippen LogP contribution in [0.2, 0.25) is 3.08 Å². The topological polar surface area (TPSA) is 0 Å². The zero-order valence-electron chi connectivity index (χ0n) is 3.81. The van der Waals surface area contributed by atoms with Gasteiger partial charge in [0, 0.05) is 0 Å². The predicted molar refractivity (Wildman–Crippen MR) is 32.5 cm³/mol. The third-order valence-corrected chi connectivity index (χ3v) is 2.23. The van der Waals surface area contributed by atoms with Crippen LogP contribution in [-0.4, -0.2) is 33.0 Å². The van der Waals surface area contributed by atoms with E-state index in [2.05, 4.69) is 57.3 Å². The van der Waals surface area contributed by atoms with Crippen LogP contribution in [0.4, 0.5) is 0 Å². The monoisotopic (exact) mass is 212 g/mol. The van der Waals surface area contributed by atoms with Crippen LogP contribution < -0.4 is 0 Å². The van der Waals surface area contributed by atoms with Gasteiger partial charge in [-0.25, -0.2) is 0 Å². The van der Waals surface area contributed by atoms with E-state index in [4.69, 9.17) is 0 Å². The van der Waals surface area contributed by atoms with E-state index in [-0.39, 0.29) is 0 Å². The summed E-state index contributed by atoms with van der Waals surface area (Å²) in [6.07, 6.45) is 8.54. The van der Waals surface area contributed by atoms with E-state index >= 15 is 0 Å². The Morgan fingerprint density at radius 2 is 1.43 bits per heavy atom. The van der Waals surface area contributed by atoms with Gasteiger partial charge in [0.15, 0.2) is 0 Å². The molecule has 0 nitrogen and oxygen atoms in total. The molecule has 1 aliphatic rings. The quantitative estimate of drug-likeness (QED) is 0.512. The number of rotatable bonds is 0. The second-order valence-corrected chi connectivity index (χ2v) is 7.26. The summed E-state index contributed by atoms with van der Waals surface area (Å²) in [5.74, 6) is 0. The van der Waals surface area contributed by atoms with Gasteiger partial charge in [-0.2, -0.15) is 0 Å². The van der Waals surface area contributed by atoms with Gasteiger partial charge in [0.2, 0.25) is 0 Å². The SMILES string of the molecule is [Ge][C]1([Ge])C=CC=C1. The number of hydrogen-bond acceptors (Lipinski definition) is 0. The molecule has 0 unspecified atom stereocenters. The maximum absolute atomic E-state index is 2.19. The van der Waals surface area contributed by atoms with E-state index in [1.54, 1.807) is 0 Å². The molecular formula is C5H4Ge2. The van der Waals surface area contributed by atoms with E-state index in [0.29, 0.717) is 3.08 Å². The Hall–Kier alpha value is 0.566. The number of hydrogen-bond donors (Lipinski definition) is 0. The van der Waals surface area contributed by atoms with E-state index in [9.17, 15) is 0 Å². The van der Waals surface area contributed by atoms with Crippen molar-refractivity contribution in [1.82, 2.24) is 0 Å². The Morgan fingerprint density at radius 3 is 1.57 bits per heavy atom. The molecule has 0 aliphatic heterocycles. The summed E-state index contributed by atoms with van der Waals surface area (Å²) in [6.45, 7) is 0. The van der Waals surface area contributed by atoms with Crippen LogP contribution in [0.5, 0.6) is 0 Å². The zero-order chi connectivity index (χ0) is 5.33. The zero-order valence-corrected chi connectivity index (χ0v) is 8.01. The average molecular weight is 209 g/mol. The fourth-order valence-electron chi connectivity index (χ4n) is 0.470. The Morgan fingerprint density at radius 1 is 1.00 bits per heavy atom. The first-order valence-corrected chi connectivity index (χ1v) is 4.18. The van der Waals surface area contributed by atoms with Crippen LogP contribution in [-0.2, 0) is 0 Å². The summed E-state index contributed by atoms with van der Waals surface area (Å²) in [6, 6.07) is 0. The summed E-state index contributed by atoms with van der Waals surface area (Å²) < 4.78 is 0.333. The molecule has 7 heavy (non-hydrogen) atoms. The molecular weight excluding hydrogens is 205 g/mol. The third kappa shape index (κ3) is 1.50. The van der Waals surface area contributed by atoms with Crippen LogP contribution in [0, 0.1) is 0 Å². The van der Waals surface area contributed by atoms with Crippen molar-refractivity contribution in [3.8, 4) is 0 Å². The van der Waals surface area contributed by atoms with E-state index in [1.165, 1.54) is 0 Å². The Labute approximate surface area is 60.5 Å². The molecule has 0 amide bonds. The summed E-state index contributed by atoms with van der Waals surface area (Å²) in [7, 11) is 0. The fourth-order valence-corrected chi connectivity index (χ4v) is 1.28. The molecule has 0 aromatic carbocycles. The molecule has 0 saturated carbocycles. The predicted octanol–water partition coefficient (Wildman–Crippen LogP) is 0.566. The molecule has 0 aromatic rings. The first-order valence-electron chi connectivity index (χ1n) is 2.08. The van der Waals surface area contributed by atoms with Gasteiger partial charge in [-0.15, -0.1) is 0 Å². The molecule has 0 heterocycles. The Kier molecular flexibility index (Phi) is 1.48. The molecule has 1 rings (SSSR count). The molecule has 2 heteroatoms. The molecule has 0 aromatic heterocycles. The minimum atomic E-state index is 0.333. The van der Waals surface area contributed by atoms with Gasteiger partial charge < -0.3 is 0 Å². The first-order chi connectivity index (χ1) is 3.21. The van der Waals surface area contributed by atoms with Crippen LogP contribution in [0.25, 0.3) is 0 Å². The van der Waals surface area contributed by atoms with E-state index < -0.39 is 0 Å². The van der Waals surface area contributed by atoms with Gasteiger partial charge >= 0.3 is 60.4 Å². The molecule has 0 bridgehead atoms. The summed E-state index contributed by atoms with van der Waals surface area (Å²) in [4.78, 5) is 0. The fraction of sp³-hybridized carbons (Fsp3) is 0.200.